The average Bonchev–Trinajstić information content (AvgIpc) is 3.14. The van der Waals surface area contributed by atoms with Gasteiger partial charge in [0.15, 0.2) is 0 Å². The summed E-state index contributed by atoms with van der Waals surface area (Å²) in [4.78, 5) is 17.3. The molecule has 31 heavy (non-hydrogen) atoms. The number of rotatable bonds is 6. The number of hydrogen-bond donors (Lipinski definition) is 2. The molecule has 0 radical (unpaired) electrons. The second-order valence-corrected chi connectivity index (χ2v) is 8.13. The molecule has 0 saturated heterocycles. The van der Waals surface area contributed by atoms with E-state index in [-0.39, 0.29) is 18.5 Å². The monoisotopic (exact) mass is 444 g/mol. The van der Waals surface area contributed by atoms with E-state index in [9.17, 15) is 14.3 Å². The molecule has 4 rings (SSSR count). The molecule has 0 bridgehead atoms. The first-order chi connectivity index (χ1) is 14.8. The third-order valence-corrected chi connectivity index (χ3v) is 5.88. The van der Waals surface area contributed by atoms with Gasteiger partial charge >= 0.3 is 0 Å². The van der Waals surface area contributed by atoms with Crippen LogP contribution in [0.3, 0.4) is 0 Å². The fourth-order valence-corrected chi connectivity index (χ4v) is 3.95. The van der Waals surface area contributed by atoms with Crippen molar-refractivity contribution in [3.05, 3.63) is 83.3 Å². The highest BCUT2D eigenvalue weighted by Gasteiger charge is 2.43. The van der Waals surface area contributed by atoms with Crippen LogP contribution >= 0.6 is 11.6 Å². The number of nitrogens with one attached hydrogen (secondary N) is 1. The number of hydrogen-bond acceptors (Lipinski definition) is 6. The molecular weight excluding hydrogens is 423 g/mol. The highest BCUT2D eigenvalue weighted by atomic mass is 35.5. The lowest BCUT2D eigenvalue weighted by Crippen LogP contribution is -2.61. The van der Waals surface area contributed by atoms with Gasteiger partial charge in [0.25, 0.3) is 5.56 Å². The van der Waals surface area contributed by atoms with Gasteiger partial charge in [0.05, 0.1) is 30.1 Å². The second kappa shape index (κ2) is 8.16. The van der Waals surface area contributed by atoms with Crippen molar-refractivity contribution >= 4 is 23.8 Å². The smallest absolute Gasteiger partial charge is 0.254 e. The maximum atomic E-state index is 13.9. The average molecular weight is 445 g/mol. The zero-order chi connectivity index (χ0) is 22.1. The van der Waals surface area contributed by atoms with Crippen LogP contribution in [0.1, 0.15) is 6.42 Å². The predicted molar refractivity (Wildman–Crippen MR) is 117 cm³/mol. The molecule has 2 N–H and O–H groups in total. The second-order valence-electron chi connectivity index (χ2n) is 7.42. The summed E-state index contributed by atoms with van der Waals surface area (Å²) >= 11 is 6.57. The number of aliphatic hydroxyl groups excluding tert-OH is 1. The summed E-state index contributed by atoms with van der Waals surface area (Å²) in [5.74, 6) is -1.04. The van der Waals surface area contributed by atoms with Crippen molar-refractivity contribution < 1.29 is 9.50 Å². The van der Waals surface area contributed by atoms with Gasteiger partial charge in [-0.1, -0.05) is 18.2 Å². The van der Waals surface area contributed by atoms with Crippen LogP contribution in [0.5, 0.6) is 0 Å². The minimum absolute atomic E-state index is 0.0405. The summed E-state index contributed by atoms with van der Waals surface area (Å²) < 4.78 is 17.0. The van der Waals surface area contributed by atoms with Gasteiger partial charge in [-0.2, -0.15) is 5.10 Å². The number of nitrogens with zero attached hydrogens (tertiary/aromatic N) is 5. The predicted octanol–water partition coefficient (Wildman–Crippen LogP) is 2.31. The summed E-state index contributed by atoms with van der Waals surface area (Å²) in [6, 6.07) is 6.58. The van der Waals surface area contributed by atoms with E-state index >= 15 is 0 Å². The van der Waals surface area contributed by atoms with E-state index in [0.717, 1.165) is 0 Å². The Morgan fingerprint density at radius 3 is 2.90 bits per heavy atom. The van der Waals surface area contributed by atoms with Crippen molar-refractivity contribution in [3.8, 4) is 0 Å². The minimum atomic E-state index is -1.33. The van der Waals surface area contributed by atoms with E-state index in [4.69, 9.17) is 11.6 Å². The number of aryl methyl sites for hydroxylation is 1. The molecule has 2 aromatic rings. The van der Waals surface area contributed by atoms with E-state index in [1.54, 1.807) is 65.6 Å². The maximum Gasteiger partial charge on any atom is 0.254 e. The zero-order valence-corrected chi connectivity index (χ0v) is 17.5. The van der Waals surface area contributed by atoms with E-state index < -0.39 is 22.6 Å². The normalized spacial score (nSPS) is 26.1. The molecule has 0 amide bonds. The SMILES string of the molecule is Cn1nccc1NC1(n2ccccc2=O)C=CN=CN1CC(O)C1(Cl)C=CC=C(F)C1. The number of aliphatic imine (C=N–C) groups is 1. The zero-order valence-electron chi connectivity index (χ0n) is 16.8. The van der Waals surface area contributed by atoms with Crippen LogP contribution in [-0.2, 0) is 12.8 Å². The van der Waals surface area contributed by atoms with Gasteiger partial charge in [-0.05, 0) is 12.1 Å². The Balaban J connectivity index is 1.75. The number of allylic oxidation sites excluding steroid dienone is 3. The number of alkyl halides is 1. The van der Waals surface area contributed by atoms with Gasteiger partial charge in [-0.3, -0.25) is 14.0 Å². The van der Waals surface area contributed by atoms with Crippen LogP contribution in [0.15, 0.2) is 82.8 Å². The number of aliphatic hydroxyl groups is 1. The Labute approximate surface area is 183 Å². The van der Waals surface area contributed by atoms with Gasteiger partial charge in [0, 0.05) is 44.1 Å². The minimum Gasteiger partial charge on any atom is -0.389 e. The third kappa shape index (κ3) is 3.94. The maximum absolute atomic E-state index is 13.9. The number of anilines is 1. The molecule has 3 atom stereocenters. The van der Waals surface area contributed by atoms with Crippen LogP contribution in [0.2, 0.25) is 0 Å². The first kappa shape index (κ1) is 21.1. The Morgan fingerprint density at radius 1 is 1.35 bits per heavy atom. The highest BCUT2D eigenvalue weighted by molar-refractivity contribution is 6.26. The van der Waals surface area contributed by atoms with Gasteiger partial charge in [0.2, 0.25) is 5.79 Å². The topological polar surface area (TPSA) is 87.7 Å². The van der Waals surface area contributed by atoms with E-state index in [1.165, 1.54) is 29.1 Å². The van der Waals surface area contributed by atoms with Crippen molar-refractivity contribution in [1.82, 2.24) is 19.2 Å². The quantitative estimate of drug-likeness (QED) is 0.668. The van der Waals surface area contributed by atoms with Crippen LogP contribution in [0.25, 0.3) is 0 Å². The standard InChI is InChI=1S/C21H22ClFN6O2/c1-27-18(7-10-25-27)26-21(29-12-3-2-6-19(29)31)9-11-24-15-28(21)14-17(30)20(22)8-4-5-16(23)13-20/h2-12,15,17,26,30H,13-14H2,1H3. The number of β-amino-alcohol motifs (C(OH)–C–C–N with tert-alkyl or cyclic N) is 1. The lowest BCUT2D eigenvalue weighted by atomic mass is 9.92. The summed E-state index contributed by atoms with van der Waals surface area (Å²) in [6.07, 6.45) is 11.1. The Kier molecular flexibility index (Phi) is 5.55. The van der Waals surface area contributed by atoms with Crippen LogP contribution in [-0.4, -0.2) is 48.2 Å². The summed E-state index contributed by atoms with van der Waals surface area (Å²) in [6.45, 7) is -0.0405. The Bertz CT molecular complexity index is 1140. The Morgan fingerprint density at radius 2 is 2.19 bits per heavy atom. The van der Waals surface area contributed by atoms with E-state index in [1.807, 2.05) is 0 Å². The van der Waals surface area contributed by atoms with Gasteiger partial charge in [0.1, 0.15) is 11.6 Å². The third-order valence-electron chi connectivity index (χ3n) is 5.37. The molecule has 3 unspecified atom stereocenters. The molecule has 2 aliphatic rings. The molecule has 2 aromatic heterocycles. The fraction of sp³-hybridized carbons (Fsp3) is 0.286. The summed E-state index contributed by atoms with van der Waals surface area (Å²) in [5.41, 5.74) is -0.274. The molecule has 1 aliphatic carbocycles. The molecule has 0 saturated carbocycles. The van der Waals surface area contributed by atoms with Crippen molar-refractivity contribution in [1.29, 1.82) is 0 Å². The van der Waals surface area contributed by atoms with Crippen molar-refractivity contribution in [3.63, 3.8) is 0 Å². The van der Waals surface area contributed by atoms with Gasteiger partial charge in [-0.15, -0.1) is 11.6 Å². The molecule has 162 valence electrons. The first-order valence-electron chi connectivity index (χ1n) is 9.67. The molecule has 1 aliphatic heterocycles. The van der Waals surface area contributed by atoms with Crippen molar-refractivity contribution in [2.24, 2.45) is 12.0 Å². The van der Waals surface area contributed by atoms with Crippen LogP contribution in [0, 0.1) is 0 Å². The van der Waals surface area contributed by atoms with E-state index in [0.29, 0.717) is 5.82 Å². The summed E-state index contributed by atoms with van der Waals surface area (Å²) in [5, 5.41) is 18.5. The molecule has 3 heterocycles. The lowest BCUT2D eigenvalue weighted by Gasteiger charge is -2.46. The molecule has 8 nitrogen and oxygen atoms in total. The van der Waals surface area contributed by atoms with Crippen molar-refractivity contribution in [2.45, 2.75) is 23.2 Å². The number of pyridine rings is 1. The summed E-state index contributed by atoms with van der Waals surface area (Å²) in [7, 11) is 1.76. The van der Waals surface area contributed by atoms with E-state index in [2.05, 4.69) is 15.4 Å². The first-order valence-corrected chi connectivity index (χ1v) is 10.0. The molecule has 10 heteroatoms. The lowest BCUT2D eigenvalue weighted by molar-refractivity contribution is 0.0670. The number of aromatic nitrogens is 3. The van der Waals surface area contributed by atoms with Crippen molar-refractivity contribution in [2.75, 3.05) is 11.9 Å². The molecular formula is C21H22ClFN6O2. The van der Waals surface area contributed by atoms with Crippen LogP contribution in [0.4, 0.5) is 10.2 Å². The largest absolute Gasteiger partial charge is 0.389 e. The molecule has 0 fully saturated rings. The molecule has 0 aromatic carbocycles. The molecule has 0 spiro atoms. The Hall–Kier alpha value is -3.17. The highest BCUT2D eigenvalue weighted by Crippen LogP contribution is 2.35. The van der Waals surface area contributed by atoms with Gasteiger partial charge < -0.3 is 15.3 Å². The fourth-order valence-electron chi connectivity index (χ4n) is 3.68. The number of halogens is 2. The van der Waals surface area contributed by atoms with Crippen LogP contribution < -0.4 is 10.9 Å². The van der Waals surface area contributed by atoms with Gasteiger partial charge in [-0.25, -0.2) is 9.38 Å².